The number of nitrogens with zero attached hydrogens (tertiary/aromatic N) is 1. The molecule has 0 fully saturated rings. The lowest BCUT2D eigenvalue weighted by Gasteiger charge is -2.01. The van der Waals surface area contributed by atoms with Crippen molar-refractivity contribution in [2.24, 2.45) is 0 Å². The highest BCUT2D eigenvalue weighted by Crippen LogP contribution is 2.21. The van der Waals surface area contributed by atoms with Gasteiger partial charge in [-0.1, -0.05) is 13.8 Å². The van der Waals surface area contributed by atoms with Gasteiger partial charge in [0.25, 0.3) is 0 Å². The van der Waals surface area contributed by atoms with Gasteiger partial charge in [0, 0.05) is 5.69 Å². The van der Waals surface area contributed by atoms with Crippen LogP contribution in [0, 0.1) is 6.92 Å². The average molecular weight is 232 g/mol. The molecule has 2 nitrogen and oxygen atoms in total. The molecule has 0 aliphatic carbocycles. The van der Waals surface area contributed by atoms with Crippen LogP contribution >= 0.6 is 15.9 Å². The third kappa shape index (κ3) is 3.22. The third-order valence-corrected chi connectivity index (χ3v) is 1.74. The highest BCUT2D eigenvalue weighted by Gasteiger charge is 1.98. The van der Waals surface area contributed by atoms with E-state index in [1.165, 1.54) is 0 Å². The van der Waals surface area contributed by atoms with Crippen molar-refractivity contribution in [1.82, 2.24) is 4.98 Å². The number of pyridine rings is 1. The second-order valence-corrected chi connectivity index (χ2v) is 2.70. The van der Waals surface area contributed by atoms with Gasteiger partial charge in [0.1, 0.15) is 4.60 Å². The molecule has 1 heterocycles. The zero-order valence-corrected chi connectivity index (χ0v) is 9.47. The molecule has 3 heteroatoms. The molecule has 0 aliphatic heterocycles. The monoisotopic (exact) mass is 231 g/mol. The second-order valence-electron chi connectivity index (χ2n) is 1.95. The Hall–Kier alpha value is -0.570. The molecule has 1 rings (SSSR count). The van der Waals surface area contributed by atoms with E-state index >= 15 is 0 Å². The molecular weight excluding hydrogens is 218 g/mol. The van der Waals surface area contributed by atoms with Gasteiger partial charge in [-0.3, -0.25) is 0 Å². The Balaban J connectivity index is 0.000000561. The van der Waals surface area contributed by atoms with Crippen LogP contribution in [-0.4, -0.2) is 12.1 Å². The van der Waals surface area contributed by atoms with Crippen molar-refractivity contribution >= 4 is 15.9 Å². The second kappa shape index (κ2) is 6.00. The van der Waals surface area contributed by atoms with Crippen LogP contribution in [0.25, 0.3) is 0 Å². The summed E-state index contributed by atoms with van der Waals surface area (Å²) in [5.41, 5.74) is 0.979. The van der Waals surface area contributed by atoms with Gasteiger partial charge >= 0.3 is 0 Å². The van der Waals surface area contributed by atoms with Gasteiger partial charge < -0.3 is 4.74 Å². The Morgan fingerprint density at radius 2 is 1.92 bits per heavy atom. The van der Waals surface area contributed by atoms with E-state index in [9.17, 15) is 0 Å². The summed E-state index contributed by atoms with van der Waals surface area (Å²) < 4.78 is 5.75. The molecule has 1 aromatic heterocycles. The lowest BCUT2D eigenvalue weighted by Crippen LogP contribution is -1.88. The predicted molar refractivity (Wildman–Crippen MR) is 54.6 cm³/mol. The van der Waals surface area contributed by atoms with E-state index in [0.29, 0.717) is 0 Å². The number of aromatic nitrogens is 1. The minimum absolute atomic E-state index is 0.759. The highest BCUT2D eigenvalue weighted by atomic mass is 79.9. The van der Waals surface area contributed by atoms with E-state index in [2.05, 4.69) is 20.9 Å². The van der Waals surface area contributed by atoms with Gasteiger partial charge in [-0.05, 0) is 35.0 Å². The van der Waals surface area contributed by atoms with Crippen molar-refractivity contribution in [3.8, 4) is 5.75 Å². The Morgan fingerprint density at radius 3 is 2.33 bits per heavy atom. The summed E-state index contributed by atoms with van der Waals surface area (Å²) >= 11 is 3.27. The fourth-order valence-corrected chi connectivity index (χ4v) is 1.24. The largest absolute Gasteiger partial charge is 0.494 e. The summed E-state index contributed by atoms with van der Waals surface area (Å²) in [5.74, 6) is 0.769. The quantitative estimate of drug-likeness (QED) is 0.693. The van der Waals surface area contributed by atoms with Crippen LogP contribution in [-0.2, 0) is 0 Å². The zero-order chi connectivity index (χ0) is 9.56. The van der Waals surface area contributed by atoms with E-state index in [-0.39, 0.29) is 0 Å². The molecule has 0 N–H and O–H groups in total. The smallest absolute Gasteiger partial charge is 0.151 e. The predicted octanol–water partition coefficient (Wildman–Crippen LogP) is 3.19. The van der Waals surface area contributed by atoms with Crippen molar-refractivity contribution in [2.75, 3.05) is 7.11 Å². The minimum atomic E-state index is 0.759. The van der Waals surface area contributed by atoms with Gasteiger partial charge in [-0.2, -0.15) is 0 Å². The van der Waals surface area contributed by atoms with Gasteiger partial charge in [0.2, 0.25) is 0 Å². The summed E-state index contributed by atoms with van der Waals surface area (Å²) in [4.78, 5) is 4.14. The molecule has 0 bridgehead atoms. The van der Waals surface area contributed by atoms with Crippen LogP contribution in [0.4, 0.5) is 0 Å². The van der Waals surface area contributed by atoms with Gasteiger partial charge in [-0.25, -0.2) is 4.98 Å². The number of hydrogen-bond donors (Lipinski definition) is 0. The number of rotatable bonds is 1. The number of hydrogen-bond acceptors (Lipinski definition) is 2. The van der Waals surface area contributed by atoms with E-state index in [4.69, 9.17) is 4.74 Å². The minimum Gasteiger partial charge on any atom is -0.494 e. The van der Waals surface area contributed by atoms with Crippen LogP contribution in [0.2, 0.25) is 0 Å². The molecule has 68 valence electrons. The molecule has 1 aromatic rings. The fraction of sp³-hybridized carbons (Fsp3) is 0.444. The molecule has 0 unspecified atom stereocenters. The first kappa shape index (κ1) is 11.4. The Bertz CT molecular complexity index is 238. The normalized spacial score (nSPS) is 8.42. The van der Waals surface area contributed by atoms with E-state index in [0.717, 1.165) is 16.0 Å². The van der Waals surface area contributed by atoms with E-state index in [1.54, 1.807) is 7.11 Å². The molecule has 0 amide bonds. The lowest BCUT2D eigenvalue weighted by molar-refractivity contribution is 0.409. The number of ether oxygens (including phenoxy) is 1. The average Bonchev–Trinajstić information content (AvgIpc) is 2.08. The topological polar surface area (TPSA) is 22.1 Å². The number of methoxy groups -OCH3 is 1. The Morgan fingerprint density at radius 1 is 1.33 bits per heavy atom. The first-order valence-corrected chi connectivity index (χ1v) is 4.70. The highest BCUT2D eigenvalue weighted by molar-refractivity contribution is 9.10. The van der Waals surface area contributed by atoms with E-state index < -0.39 is 0 Å². The van der Waals surface area contributed by atoms with Gasteiger partial charge in [0.15, 0.2) is 5.75 Å². The molecule has 0 radical (unpaired) electrons. The molecule has 0 saturated carbocycles. The van der Waals surface area contributed by atoms with Crippen molar-refractivity contribution < 1.29 is 4.74 Å². The van der Waals surface area contributed by atoms with Crippen molar-refractivity contribution in [3.05, 3.63) is 22.4 Å². The maximum atomic E-state index is 4.99. The summed E-state index contributed by atoms with van der Waals surface area (Å²) in [6.45, 7) is 5.93. The molecule has 0 saturated heterocycles. The van der Waals surface area contributed by atoms with E-state index in [1.807, 2.05) is 32.9 Å². The maximum Gasteiger partial charge on any atom is 0.151 e. The summed E-state index contributed by atoms with van der Waals surface area (Å²) in [6.07, 6.45) is 0. The standard InChI is InChI=1S/C7H8BrNO.C2H6/c1-5-3-4-6(10-2)7(8)9-5;1-2/h3-4H,1-2H3;1-2H3. The molecule has 0 aromatic carbocycles. The fourth-order valence-electron chi connectivity index (χ4n) is 0.665. The van der Waals surface area contributed by atoms with Crippen LogP contribution in [0.5, 0.6) is 5.75 Å². The van der Waals surface area contributed by atoms with Crippen LogP contribution < -0.4 is 4.74 Å². The SMILES string of the molecule is CC.COc1ccc(C)nc1Br. The van der Waals surface area contributed by atoms with Crippen LogP contribution in [0.3, 0.4) is 0 Å². The third-order valence-electron chi connectivity index (χ3n) is 1.17. The van der Waals surface area contributed by atoms with Crippen LogP contribution in [0.1, 0.15) is 19.5 Å². The van der Waals surface area contributed by atoms with Crippen LogP contribution in [0.15, 0.2) is 16.7 Å². The first-order chi connectivity index (χ1) is 5.74. The molecule has 0 spiro atoms. The summed E-state index contributed by atoms with van der Waals surface area (Å²) in [5, 5.41) is 0. The Labute approximate surface area is 82.1 Å². The summed E-state index contributed by atoms with van der Waals surface area (Å²) in [6, 6.07) is 3.79. The maximum absolute atomic E-state index is 4.99. The van der Waals surface area contributed by atoms with Crippen molar-refractivity contribution in [1.29, 1.82) is 0 Å². The molecular formula is C9H14BrNO. The van der Waals surface area contributed by atoms with Gasteiger partial charge in [0.05, 0.1) is 7.11 Å². The van der Waals surface area contributed by atoms with Gasteiger partial charge in [-0.15, -0.1) is 0 Å². The molecule has 0 atom stereocenters. The zero-order valence-electron chi connectivity index (χ0n) is 7.89. The molecule has 0 aliphatic rings. The summed E-state index contributed by atoms with van der Waals surface area (Å²) in [7, 11) is 1.62. The molecule has 12 heavy (non-hydrogen) atoms. The number of halogens is 1. The number of aryl methyl sites for hydroxylation is 1. The first-order valence-electron chi connectivity index (χ1n) is 3.91. The Kier molecular flexibility index (Phi) is 5.72. The van der Waals surface area contributed by atoms with Crippen molar-refractivity contribution in [2.45, 2.75) is 20.8 Å². The van der Waals surface area contributed by atoms with Crippen molar-refractivity contribution in [3.63, 3.8) is 0 Å². The lowest BCUT2D eigenvalue weighted by atomic mass is 10.4.